The van der Waals surface area contributed by atoms with Crippen LogP contribution < -0.4 is 0 Å². The molecule has 0 spiro atoms. The van der Waals surface area contributed by atoms with E-state index in [2.05, 4.69) is 23.4 Å². The van der Waals surface area contributed by atoms with Crippen LogP contribution in [0.5, 0.6) is 0 Å². The summed E-state index contributed by atoms with van der Waals surface area (Å²) in [5, 5.41) is 5.52. The highest BCUT2D eigenvalue weighted by Crippen LogP contribution is 2.45. The van der Waals surface area contributed by atoms with Gasteiger partial charge in [0.05, 0.1) is 16.7 Å². The predicted octanol–water partition coefficient (Wildman–Crippen LogP) is 4.64. The van der Waals surface area contributed by atoms with Crippen LogP contribution in [0.4, 0.5) is 0 Å². The minimum absolute atomic E-state index is 0.0212. The van der Waals surface area contributed by atoms with Gasteiger partial charge in [0.2, 0.25) is 0 Å². The second-order valence-electron chi connectivity index (χ2n) is 5.14. The number of hydrogen-bond acceptors (Lipinski definition) is 2. The molecule has 2 atom stereocenters. The zero-order valence-electron chi connectivity index (χ0n) is 10.5. The van der Waals surface area contributed by atoms with Gasteiger partial charge in [0.25, 0.3) is 0 Å². The zero-order chi connectivity index (χ0) is 13.7. The minimum Gasteiger partial charge on any atom is -0.387 e. The molecule has 1 aliphatic carbocycles. The van der Waals surface area contributed by atoms with Crippen molar-refractivity contribution in [3.63, 3.8) is 0 Å². The molecule has 4 rings (SSSR count). The summed E-state index contributed by atoms with van der Waals surface area (Å²) in [4.78, 5) is 5.65. The van der Waals surface area contributed by atoms with Crippen LogP contribution in [-0.4, -0.2) is 5.71 Å². The Morgan fingerprint density at radius 2 is 1.95 bits per heavy atom. The van der Waals surface area contributed by atoms with Gasteiger partial charge in [0, 0.05) is 10.6 Å². The van der Waals surface area contributed by atoms with Crippen molar-refractivity contribution in [2.75, 3.05) is 0 Å². The van der Waals surface area contributed by atoms with Gasteiger partial charge in [-0.2, -0.15) is 0 Å². The Hall–Kier alpha value is -1.51. The number of fused-ring (bicyclic) bond motifs is 3. The number of hydrogen-bond donors (Lipinski definition) is 0. The molecular weight excluding hydrogens is 293 g/mol. The van der Waals surface area contributed by atoms with Crippen molar-refractivity contribution in [1.82, 2.24) is 0 Å². The summed E-state index contributed by atoms with van der Waals surface area (Å²) < 4.78 is 0. The molecule has 0 unspecified atom stereocenters. The van der Waals surface area contributed by atoms with Crippen LogP contribution >= 0.6 is 23.2 Å². The van der Waals surface area contributed by atoms with E-state index in [0.29, 0.717) is 10.0 Å². The molecule has 1 heterocycles. The van der Waals surface area contributed by atoms with E-state index in [9.17, 15) is 0 Å². The van der Waals surface area contributed by atoms with Crippen LogP contribution in [0.15, 0.2) is 47.6 Å². The van der Waals surface area contributed by atoms with E-state index in [1.54, 1.807) is 6.07 Å². The molecule has 0 saturated carbocycles. The first kappa shape index (κ1) is 12.2. The van der Waals surface area contributed by atoms with Crippen molar-refractivity contribution < 1.29 is 4.84 Å². The second kappa shape index (κ2) is 4.51. The smallest absolute Gasteiger partial charge is 0.161 e. The van der Waals surface area contributed by atoms with Gasteiger partial charge >= 0.3 is 0 Å². The van der Waals surface area contributed by atoms with Gasteiger partial charge in [-0.3, -0.25) is 0 Å². The monoisotopic (exact) mass is 303 g/mol. The molecule has 1 aliphatic heterocycles. The van der Waals surface area contributed by atoms with Crippen LogP contribution in [0.2, 0.25) is 10.0 Å². The summed E-state index contributed by atoms with van der Waals surface area (Å²) in [6, 6.07) is 13.9. The molecule has 2 aliphatic rings. The Kier molecular flexibility index (Phi) is 2.76. The van der Waals surface area contributed by atoms with Crippen LogP contribution in [0.3, 0.4) is 0 Å². The Bertz CT molecular complexity index is 726. The molecule has 2 aromatic carbocycles. The van der Waals surface area contributed by atoms with Gasteiger partial charge in [0.15, 0.2) is 6.10 Å². The van der Waals surface area contributed by atoms with Gasteiger partial charge in [0.1, 0.15) is 0 Å². The predicted molar refractivity (Wildman–Crippen MR) is 80.5 cm³/mol. The Morgan fingerprint density at radius 1 is 1.10 bits per heavy atom. The molecular formula is C16H11Cl2NO. The second-order valence-corrected chi connectivity index (χ2v) is 5.98. The fraction of sp³-hybridized carbons (Fsp3) is 0.188. The highest BCUT2D eigenvalue weighted by molar-refractivity contribution is 6.37. The van der Waals surface area contributed by atoms with Gasteiger partial charge < -0.3 is 4.84 Å². The van der Waals surface area contributed by atoms with Crippen molar-refractivity contribution in [3.05, 3.63) is 69.2 Å². The van der Waals surface area contributed by atoms with E-state index >= 15 is 0 Å². The topological polar surface area (TPSA) is 21.6 Å². The standard InChI is InChI=1S/C16H11Cl2NO/c17-10-5-6-12(14(18)8-10)15-13-7-9-3-1-2-4-11(9)16(13)20-19-15/h1-6,8,13,16H,7H2/t13-,16-/m0/s1. The van der Waals surface area contributed by atoms with Crippen molar-refractivity contribution in [2.45, 2.75) is 12.5 Å². The zero-order valence-corrected chi connectivity index (χ0v) is 12.0. The summed E-state index contributed by atoms with van der Waals surface area (Å²) in [6.45, 7) is 0. The average molecular weight is 304 g/mol. The largest absolute Gasteiger partial charge is 0.387 e. The van der Waals surface area contributed by atoms with E-state index in [0.717, 1.165) is 17.7 Å². The van der Waals surface area contributed by atoms with Crippen molar-refractivity contribution in [1.29, 1.82) is 0 Å². The lowest BCUT2D eigenvalue weighted by molar-refractivity contribution is 0.0697. The molecule has 0 amide bonds. The Balaban J connectivity index is 1.74. The first-order valence-corrected chi connectivity index (χ1v) is 7.26. The summed E-state index contributed by atoms with van der Waals surface area (Å²) in [5.41, 5.74) is 4.41. The lowest BCUT2D eigenvalue weighted by Crippen LogP contribution is -2.15. The molecule has 0 bridgehead atoms. The number of oxime groups is 1. The molecule has 0 N–H and O–H groups in total. The van der Waals surface area contributed by atoms with Gasteiger partial charge in [-0.05, 0) is 29.7 Å². The first-order valence-electron chi connectivity index (χ1n) is 6.51. The van der Waals surface area contributed by atoms with Gasteiger partial charge in [-0.1, -0.05) is 58.7 Å². The van der Waals surface area contributed by atoms with Crippen molar-refractivity contribution in [2.24, 2.45) is 11.1 Å². The third-order valence-corrected chi connectivity index (χ3v) is 4.54. The lowest BCUT2D eigenvalue weighted by Gasteiger charge is -2.11. The first-order chi connectivity index (χ1) is 9.74. The van der Waals surface area contributed by atoms with Gasteiger partial charge in [-0.25, -0.2) is 0 Å². The van der Waals surface area contributed by atoms with Crippen molar-refractivity contribution in [3.8, 4) is 0 Å². The summed E-state index contributed by atoms with van der Waals surface area (Å²) >= 11 is 12.2. The lowest BCUT2D eigenvalue weighted by atomic mass is 9.93. The molecule has 0 aromatic heterocycles. The molecule has 20 heavy (non-hydrogen) atoms. The van der Waals surface area contributed by atoms with E-state index in [1.807, 2.05) is 18.2 Å². The van der Waals surface area contributed by atoms with Crippen LogP contribution in [0.25, 0.3) is 0 Å². The third kappa shape index (κ3) is 1.75. The number of nitrogens with zero attached hydrogens (tertiary/aromatic N) is 1. The van der Waals surface area contributed by atoms with E-state index in [1.165, 1.54) is 11.1 Å². The van der Waals surface area contributed by atoms with Crippen LogP contribution in [0.1, 0.15) is 22.8 Å². The molecule has 2 nitrogen and oxygen atoms in total. The number of benzene rings is 2. The van der Waals surface area contributed by atoms with E-state index < -0.39 is 0 Å². The summed E-state index contributed by atoms with van der Waals surface area (Å²) in [5.74, 6) is 0.242. The summed E-state index contributed by atoms with van der Waals surface area (Å²) in [6.07, 6.45) is 0.964. The van der Waals surface area contributed by atoms with E-state index in [4.69, 9.17) is 28.0 Å². The molecule has 2 aromatic rings. The summed E-state index contributed by atoms with van der Waals surface area (Å²) in [7, 11) is 0. The van der Waals surface area contributed by atoms with Gasteiger partial charge in [-0.15, -0.1) is 0 Å². The van der Waals surface area contributed by atoms with E-state index in [-0.39, 0.29) is 12.0 Å². The molecule has 0 fully saturated rings. The average Bonchev–Trinajstić information content (AvgIpc) is 2.98. The number of rotatable bonds is 1. The maximum atomic E-state index is 6.29. The highest BCUT2D eigenvalue weighted by atomic mass is 35.5. The maximum Gasteiger partial charge on any atom is 0.161 e. The molecule has 0 radical (unpaired) electrons. The maximum absolute atomic E-state index is 6.29. The van der Waals surface area contributed by atoms with Crippen molar-refractivity contribution >= 4 is 28.9 Å². The van der Waals surface area contributed by atoms with Crippen LogP contribution in [0, 0.1) is 5.92 Å². The molecule has 0 saturated heterocycles. The fourth-order valence-electron chi connectivity index (χ4n) is 3.06. The fourth-order valence-corrected chi connectivity index (χ4v) is 3.56. The third-order valence-electron chi connectivity index (χ3n) is 3.99. The molecule has 100 valence electrons. The Morgan fingerprint density at radius 3 is 2.80 bits per heavy atom. The molecule has 4 heteroatoms. The SMILES string of the molecule is Clc1ccc(C2=NO[C@H]3c4ccccc4C[C@@H]23)c(Cl)c1. The normalized spacial score (nSPS) is 23.0. The highest BCUT2D eigenvalue weighted by Gasteiger charge is 2.42. The minimum atomic E-state index is 0.0212. The number of halogens is 2. The quantitative estimate of drug-likeness (QED) is 0.752. The Labute approximate surface area is 127 Å². The van der Waals surface area contributed by atoms with Crippen LogP contribution in [-0.2, 0) is 11.3 Å².